The summed E-state index contributed by atoms with van der Waals surface area (Å²) in [4.78, 5) is 0. The number of benzene rings is 2. The molecular formula is C15H16FNO. The van der Waals surface area contributed by atoms with Crippen molar-refractivity contribution in [2.75, 3.05) is 13.2 Å². The molecule has 0 amide bonds. The molecule has 2 nitrogen and oxygen atoms in total. The van der Waals surface area contributed by atoms with Crippen molar-refractivity contribution in [1.29, 1.82) is 0 Å². The van der Waals surface area contributed by atoms with Gasteiger partial charge >= 0.3 is 0 Å². The van der Waals surface area contributed by atoms with E-state index in [0.29, 0.717) is 13.2 Å². The molecule has 2 rings (SSSR count). The van der Waals surface area contributed by atoms with Gasteiger partial charge in [-0.2, -0.15) is 0 Å². The van der Waals surface area contributed by atoms with Gasteiger partial charge in [0.25, 0.3) is 0 Å². The van der Waals surface area contributed by atoms with E-state index < -0.39 is 0 Å². The smallest absolute Gasteiger partial charge is 0.123 e. The summed E-state index contributed by atoms with van der Waals surface area (Å²) in [7, 11) is 0. The number of ether oxygens (including phenoxy) is 1. The van der Waals surface area contributed by atoms with E-state index >= 15 is 0 Å². The molecule has 0 aromatic heterocycles. The summed E-state index contributed by atoms with van der Waals surface area (Å²) in [6.45, 7) is 2.99. The first kappa shape index (κ1) is 12.6. The maximum atomic E-state index is 12.9. The topological polar surface area (TPSA) is 35.2 Å². The van der Waals surface area contributed by atoms with Crippen LogP contribution in [0, 0.1) is 12.7 Å². The van der Waals surface area contributed by atoms with Gasteiger partial charge in [-0.05, 0) is 47.9 Å². The first-order valence-corrected chi connectivity index (χ1v) is 5.90. The van der Waals surface area contributed by atoms with Crippen LogP contribution in [0.15, 0.2) is 42.5 Å². The van der Waals surface area contributed by atoms with E-state index in [2.05, 4.69) is 0 Å². The highest BCUT2D eigenvalue weighted by Gasteiger charge is 2.03. The van der Waals surface area contributed by atoms with Crippen molar-refractivity contribution in [3.8, 4) is 16.9 Å². The summed E-state index contributed by atoms with van der Waals surface area (Å²) in [5, 5.41) is 0. The van der Waals surface area contributed by atoms with E-state index in [9.17, 15) is 4.39 Å². The van der Waals surface area contributed by atoms with Gasteiger partial charge in [-0.3, -0.25) is 0 Å². The zero-order valence-corrected chi connectivity index (χ0v) is 10.3. The van der Waals surface area contributed by atoms with Crippen molar-refractivity contribution in [2.45, 2.75) is 6.92 Å². The average molecular weight is 245 g/mol. The average Bonchev–Trinajstić information content (AvgIpc) is 2.38. The Morgan fingerprint density at radius 3 is 2.33 bits per heavy atom. The van der Waals surface area contributed by atoms with Crippen molar-refractivity contribution in [3.05, 3.63) is 53.8 Å². The lowest BCUT2D eigenvalue weighted by Gasteiger charge is -2.10. The summed E-state index contributed by atoms with van der Waals surface area (Å²) < 4.78 is 18.4. The molecule has 0 saturated carbocycles. The third-order valence-corrected chi connectivity index (χ3v) is 2.73. The van der Waals surface area contributed by atoms with Crippen LogP contribution in [0.25, 0.3) is 11.1 Å². The van der Waals surface area contributed by atoms with E-state index in [-0.39, 0.29) is 5.82 Å². The van der Waals surface area contributed by atoms with Gasteiger partial charge < -0.3 is 10.5 Å². The van der Waals surface area contributed by atoms with Gasteiger partial charge in [0.2, 0.25) is 0 Å². The molecule has 18 heavy (non-hydrogen) atoms. The van der Waals surface area contributed by atoms with Gasteiger partial charge in [0.15, 0.2) is 0 Å². The highest BCUT2D eigenvalue weighted by atomic mass is 19.1. The number of aryl methyl sites for hydroxylation is 1. The van der Waals surface area contributed by atoms with Crippen molar-refractivity contribution in [1.82, 2.24) is 0 Å². The van der Waals surface area contributed by atoms with E-state index in [4.69, 9.17) is 10.5 Å². The lowest BCUT2D eigenvalue weighted by molar-refractivity contribution is 0.326. The van der Waals surface area contributed by atoms with Crippen molar-refractivity contribution >= 4 is 0 Å². The van der Waals surface area contributed by atoms with Crippen LogP contribution >= 0.6 is 0 Å². The molecule has 0 heterocycles. The fourth-order valence-electron chi connectivity index (χ4n) is 1.80. The molecule has 0 radical (unpaired) electrons. The van der Waals surface area contributed by atoms with Crippen LogP contribution in [0.2, 0.25) is 0 Å². The summed E-state index contributed by atoms with van der Waals surface area (Å²) in [5.74, 6) is 0.615. The van der Waals surface area contributed by atoms with Crippen LogP contribution in [0.4, 0.5) is 4.39 Å². The van der Waals surface area contributed by atoms with Crippen LogP contribution in [-0.4, -0.2) is 13.2 Å². The lowest BCUT2D eigenvalue weighted by Crippen LogP contribution is -2.11. The largest absolute Gasteiger partial charge is 0.492 e. The van der Waals surface area contributed by atoms with E-state index in [1.54, 1.807) is 12.1 Å². The molecule has 94 valence electrons. The molecular weight excluding hydrogens is 229 g/mol. The van der Waals surface area contributed by atoms with Crippen molar-refractivity contribution in [2.24, 2.45) is 5.73 Å². The van der Waals surface area contributed by atoms with Crippen LogP contribution in [0.5, 0.6) is 5.75 Å². The quantitative estimate of drug-likeness (QED) is 0.898. The predicted octanol–water partition coefficient (Wildman–Crippen LogP) is 3.14. The first-order valence-electron chi connectivity index (χ1n) is 5.90. The van der Waals surface area contributed by atoms with Crippen LogP contribution in [0.3, 0.4) is 0 Å². The second-order valence-corrected chi connectivity index (χ2v) is 4.12. The molecule has 0 atom stereocenters. The maximum Gasteiger partial charge on any atom is 0.123 e. The number of rotatable bonds is 4. The van der Waals surface area contributed by atoms with Crippen LogP contribution in [-0.2, 0) is 0 Å². The number of hydrogen-bond donors (Lipinski definition) is 1. The Morgan fingerprint density at radius 2 is 1.72 bits per heavy atom. The Bertz CT molecular complexity index is 523. The lowest BCUT2D eigenvalue weighted by atomic mass is 10.0. The van der Waals surface area contributed by atoms with Crippen LogP contribution in [0.1, 0.15) is 5.56 Å². The fourth-order valence-corrected chi connectivity index (χ4v) is 1.80. The summed E-state index contributed by atoms with van der Waals surface area (Å²) in [6, 6.07) is 12.4. The zero-order valence-electron chi connectivity index (χ0n) is 10.3. The predicted molar refractivity (Wildman–Crippen MR) is 71.1 cm³/mol. The number of nitrogens with two attached hydrogens (primary N) is 1. The molecule has 0 spiro atoms. The third-order valence-electron chi connectivity index (χ3n) is 2.73. The fraction of sp³-hybridized carbons (Fsp3) is 0.200. The molecule has 2 aromatic carbocycles. The molecule has 0 fully saturated rings. The van der Waals surface area contributed by atoms with E-state index in [0.717, 1.165) is 22.4 Å². The number of halogens is 1. The van der Waals surface area contributed by atoms with Crippen LogP contribution < -0.4 is 10.5 Å². The standard InChI is InChI=1S/C15H16FNO/c1-11-10-13(4-7-15(11)18-9-8-17)12-2-5-14(16)6-3-12/h2-7,10H,8-9,17H2,1H3. The summed E-state index contributed by atoms with van der Waals surface area (Å²) >= 11 is 0. The Hall–Kier alpha value is -1.87. The molecule has 3 heteroatoms. The second-order valence-electron chi connectivity index (χ2n) is 4.12. The molecule has 0 aliphatic carbocycles. The first-order chi connectivity index (χ1) is 8.70. The molecule has 0 aliphatic heterocycles. The summed E-state index contributed by atoms with van der Waals surface area (Å²) in [6.07, 6.45) is 0. The zero-order chi connectivity index (χ0) is 13.0. The Kier molecular flexibility index (Phi) is 3.95. The van der Waals surface area contributed by atoms with Gasteiger partial charge in [-0.1, -0.05) is 18.2 Å². The van der Waals surface area contributed by atoms with Gasteiger partial charge in [0.05, 0.1) is 0 Å². The Labute approximate surface area is 106 Å². The van der Waals surface area contributed by atoms with E-state index in [1.807, 2.05) is 25.1 Å². The van der Waals surface area contributed by atoms with Gasteiger partial charge in [0, 0.05) is 6.54 Å². The molecule has 0 saturated heterocycles. The SMILES string of the molecule is Cc1cc(-c2ccc(F)cc2)ccc1OCCN. The number of hydrogen-bond acceptors (Lipinski definition) is 2. The van der Waals surface area contributed by atoms with Gasteiger partial charge in [0.1, 0.15) is 18.2 Å². The Morgan fingerprint density at radius 1 is 1.06 bits per heavy atom. The molecule has 2 aromatic rings. The minimum Gasteiger partial charge on any atom is -0.492 e. The molecule has 0 unspecified atom stereocenters. The molecule has 2 N–H and O–H groups in total. The van der Waals surface area contributed by atoms with Crippen molar-refractivity contribution < 1.29 is 9.13 Å². The molecule has 0 aliphatic rings. The minimum atomic E-state index is -0.224. The minimum absolute atomic E-state index is 0.224. The normalized spacial score (nSPS) is 10.4. The summed E-state index contributed by atoms with van der Waals surface area (Å²) in [5.41, 5.74) is 8.49. The van der Waals surface area contributed by atoms with Gasteiger partial charge in [-0.25, -0.2) is 4.39 Å². The highest BCUT2D eigenvalue weighted by Crippen LogP contribution is 2.26. The Balaban J connectivity index is 2.25. The second kappa shape index (κ2) is 5.65. The maximum absolute atomic E-state index is 12.9. The van der Waals surface area contributed by atoms with Gasteiger partial charge in [-0.15, -0.1) is 0 Å². The monoisotopic (exact) mass is 245 g/mol. The van der Waals surface area contributed by atoms with E-state index in [1.165, 1.54) is 12.1 Å². The molecule has 0 bridgehead atoms. The highest BCUT2D eigenvalue weighted by molar-refractivity contribution is 5.65. The van der Waals surface area contributed by atoms with Crippen molar-refractivity contribution in [3.63, 3.8) is 0 Å². The third kappa shape index (κ3) is 2.87.